The molecule has 0 aromatic rings. The van der Waals surface area contributed by atoms with E-state index >= 15 is 0 Å². The van der Waals surface area contributed by atoms with Crippen molar-refractivity contribution in [1.82, 2.24) is 5.32 Å². The van der Waals surface area contributed by atoms with Crippen LogP contribution in [0.1, 0.15) is 65.2 Å². The molecule has 15 heavy (non-hydrogen) atoms. The molecule has 0 amide bonds. The Balaban J connectivity index is 1.87. The second-order valence-electron chi connectivity index (χ2n) is 5.33. The summed E-state index contributed by atoms with van der Waals surface area (Å²) < 4.78 is 0. The Bertz CT molecular complexity index is 136. The summed E-state index contributed by atoms with van der Waals surface area (Å²) in [5.74, 6) is 2.08. The Morgan fingerprint density at radius 3 is 2.40 bits per heavy atom. The molecule has 1 aliphatic carbocycles. The Kier molecular flexibility index (Phi) is 7.08. The molecule has 0 saturated heterocycles. The summed E-state index contributed by atoms with van der Waals surface area (Å²) in [5, 5.41) is 3.39. The van der Waals surface area contributed by atoms with Gasteiger partial charge in [-0.05, 0) is 31.3 Å². The Labute approximate surface area is 96.0 Å². The van der Waals surface area contributed by atoms with Crippen LogP contribution in [0.5, 0.6) is 0 Å². The van der Waals surface area contributed by atoms with Crippen LogP contribution >= 0.6 is 0 Å². The van der Waals surface area contributed by atoms with E-state index in [2.05, 4.69) is 19.2 Å². The van der Waals surface area contributed by atoms with Crippen molar-refractivity contribution in [1.29, 1.82) is 0 Å². The highest BCUT2D eigenvalue weighted by Gasteiger charge is 2.17. The lowest BCUT2D eigenvalue weighted by Gasteiger charge is -2.26. The van der Waals surface area contributed by atoms with Crippen LogP contribution in [-0.2, 0) is 0 Å². The maximum Gasteiger partial charge on any atom is -0.00490 e. The van der Waals surface area contributed by atoms with Gasteiger partial charge in [0, 0.05) is 0 Å². The summed E-state index contributed by atoms with van der Waals surface area (Å²) in [4.78, 5) is 0. The molecule has 1 heteroatoms. The first kappa shape index (κ1) is 13.0. The minimum absolute atomic E-state index is 1.01. The molecule has 1 nitrogen and oxygen atoms in total. The highest BCUT2D eigenvalue weighted by atomic mass is 14.8. The van der Waals surface area contributed by atoms with Gasteiger partial charge in [0.25, 0.3) is 0 Å². The van der Waals surface area contributed by atoms with Gasteiger partial charge in [-0.15, -0.1) is 0 Å². The molecule has 0 bridgehead atoms. The summed E-state index contributed by atoms with van der Waals surface area (Å²) in [6, 6.07) is 0. The van der Waals surface area contributed by atoms with Crippen LogP contribution in [-0.4, -0.2) is 13.1 Å². The van der Waals surface area contributed by atoms with Gasteiger partial charge in [-0.1, -0.05) is 58.8 Å². The van der Waals surface area contributed by atoms with Gasteiger partial charge in [0.15, 0.2) is 0 Å². The van der Waals surface area contributed by atoms with Crippen molar-refractivity contribution in [2.45, 2.75) is 65.2 Å². The predicted molar refractivity (Wildman–Crippen MR) is 68.1 cm³/mol. The van der Waals surface area contributed by atoms with Crippen LogP contribution < -0.4 is 5.32 Å². The molecule has 0 aliphatic heterocycles. The summed E-state index contributed by atoms with van der Waals surface area (Å²) in [6.07, 6.45) is 11.8. The average Bonchev–Trinajstić information content (AvgIpc) is 2.26. The van der Waals surface area contributed by atoms with E-state index in [4.69, 9.17) is 0 Å². The number of hydrogen-bond acceptors (Lipinski definition) is 1. The summed E-state index contributed by atoms with van der Waals surface area (Å²) in [6.45, 7) is 6.94. The van der Waals surface area contributed by atoms with Crippen LogP contribution in [0.15, 0.2) is 0 Å². The fraction of sp³-hybridized carbons (Fsp3) is 1.00. The second kappa shape index (κ2) is 8.15. The molecule has 90 valence electrons. The van der Waals surface area contributed by atoms with Crippen molar-refractivity contribution in [3.8, 4) is 0 Å². The molecule has 0 unspecified atom stereocenters. The van der Waals surface area contributed by atoms with E-state index in [0.717, 1.165) is 18.4 Å². The molecule has 0 aromatic carbocycles. The molecular formula is C14H29N. The van der Waals surface area contributed by atoms with E-state index in [0.29, 0.717) is 0 Å². The smallest absolute Gasteiger partial charge is 0.00490 e. The van der Waals surface area contributed by atoms with Crippen molar-refractivity contribution in [3.05, 3.63) is 0 Å². The van der Waals surface area contributed by atoms with E-state index < -0.39 is 0 Å². The number of nitrogens with one attached hydrogen (secondary N) is 1. The lowest BCUT2D eigenvalue weighted by atomic mass is 9.80. The van der Waals surface area contributed by atoms with E-state index in [9.17, 15) is 0 Å². The van der Waals surface area contributed by atoms with Crippen molar-refractivity contribution >= 4 is 0 Å². The molecular weight excluding hydrogens is 182 g/mol. The molecule has 1 fully saturated rings. The van der Waals surface area contributed by atoms with Crippen LogP contribution in [0.4, 0.5) is 0 Å². The predicted octanol–water partition coefficient (Wildman–Crippen LogP) is 3.98. The average molecular weight is 211 g/mol. The van der Waals surface area contributed by atoms with E-state index in [1.165, 1.54) is 57.9 Å². The first-order chi connectivity index (χ1) is 7.33. The first-order valence-electron chi connectivity index (χ1n) is 7.03. The van der Waals surface area contributed by atoms with Crippen molar-refractivity contribution < 1.29 is 0 Å². The fourth-order valence-electron chi connectivity index (χ4n) is 2.65. The van der Waals surface area contributed by atoms with Crippen LogP contribution in [0.25, 0.3) is 0 Å². The summed E-state index contributed by atoms with van der Waals surface area (Å²) in [5.41, 5.74) is 0. The molecule has 0 heterocycles. The van der Waals surface area contributed by atoms with Crippen LogP contribution in [0.3, 0.4) is 0 Å². The Hall–Kier alpha value is -0.0400. The fourth-order valence-corrected chi connectivity index (χ4v) is 2.65. The van der Waals surface area contributed by atoms with Gasteiger partial charge >= 0.3 is 0 Å². The minimum Gasteiger partial charge on any atom is -0.317 e. The van der Waals surface area contributed by atoms with Crippen molar-refractivity contribution in [2.24, 2.45) is 11.8 Å². The van der Waals surface area contributed by atoms with Crippen LogP contribution in [0.2, 0.25) is 0 Å². The third-order valence-electron chi connectivity index (χ3n) is 3.85. The maximum absolute atomic E-state index is 3.39. The third-order valence-corrected chi connectivity index (χ3v) is 3.85. The molecule has 0 atom stereocenters. The van der Waals surface area contributed by atoms with Gasteiger partial charge in [-0.2, -0.15) is 0 Å². The van der Waals surface area contributed by atoms with Gasteiger partial charge < -0.3 is 5.32 Å². The molecule has 0 radical (unpaired) electrons. The maximum atomic E-state index is 3.39. The number of unbranched alkanes of at least 4 members (excludes halogenated alkanes) is 2. The highest BCUT2D eigenvalue weighted by Crippen LogP contribution is 2.31. The van der Waals surface area contributed by atoms with E-state index in [1.54, 1.807) is 0 Å². The van der Waals surface area contributed by atoms with Gasteiger partial charge in [0.05, 0.1) is 0 Å². The number of hydrogen-bond donors (Lipinski definition) is 1. The standard InChI is InChI=1S/C14H29N/c1-3-15-12-6-4-5-7-14-10-8-13(2)9-11-14/h13-15H,3-12H2,1-2H3. The monoisotopic (exact) mass is 211 g/mol. The molecule has 1 saturated carbocycles. The molecule has 1 aliphatic rings. The van der Waals surface area contributed by atoms with Gasteiger partial charge in [-0.25, -0.2) is 0 Å². The normalized spacial score (nSPS) is 26.8. The van der Waals surface area contributed by atoms with Crippen LogP contribution in [0, 0.1) is 11.8 Å². The zero-order valence-electron chi connectivity index (χ0n) is 10.7. The van der Waals surface area contributed by atoms with E-state index in [1.807, 2.05) is 0 Å². The Morgan fingerprint density at radius 2 is 1.73 bits per heavy atom. The summed E-state index contributed by atoms with van der Waals surface area (Å²) >= 11 is 0. The molecule has 0 spiro atoms. The zero-order chi connectivity index (χ0) is 10.9. The second-order valence-corrected chi connectivity index (χ2v) is 5.33. The molecule has 0 aromatic heterocycles. The van der Waals surface area contributed by atoms with Crippen molar-refractivity contribution in [2.75, 3.05) is 13.1 Å². The topological polar surface area (TPSA) is 12.0 Å². The van der Waals surface area contributed by atoms with Crippen molar-refractivity contribution in [3.63, 3.8) is 0 Å². The lowest BCUT2D eigenvalue weighted by Crippen LogP contribution is -2.14. The largest absolute Gasteiger partial charge is 0.317 e. The van der Waals surface area contributed by atoms with Gasteiger partial charge in [0.1, 0.15) is 0 Å². The zero-order valence-corrected chi connectivity index (χ0v) is 10.7. The number of rotatable bonds is 7. The third kappa shape index (κ3) is 6.19. The summed E-state index contributed by atoms with van der Waals surface area (Å²) in [7, 11) is 0. The SMILES string of the molecule is CCNCCCCCC1CCC(C)CC1. The minimum atomic E-state index is 1.01. The van der Waals surface area contributed by atoms with Gasteiger partial charge in [0.2, 0.25) is 0 Å². The quantitative estimate of drug-likeness (QED) is 0.628. The van der Waals surface area contributed by atoms with E-state index in [-0.39, 0.29) is 0 Å². The molecule has 1 rings (SSSR count). The molecule has 1 N–H and O–H groups in total. The van der Waals surface area contributed by atoms with Gasteiger partial charge in [-0.3, -0.25) is 0 Å². The highest BCUT2D eigenvalue weighted by molar-refractivity contribution is 4.69. The Morgan fingerprint density at radius 1 is 1.00 bits per heavy atom. The lowest BCUT2D eigenvalue weighted by molar-refractivity contribution is 0.271. The first-order valence-corrected chi connectivity index (χ1v) is 7.03.